The molecule has 1 aliphatic rings. The zero-order valence-electron chi connectivity index (χ0n) is 17.6. The first-order chi connectivity index (χ1) is 14.5. The molecule has 0 fully saturated rings. The second-order valence-electron chi connectivity index (χ2n) is 7.10. The van der Waals surface area contributed by atoms with E-state index in [0.29, 0.717) is 43.6 Å². The van der Waals surface area contributed by atoms with Crippen LogP contribution in [-0.4, -0.2) is 49.7 Å². The number of fused-ring (bicyclic) bond motifs is 1. The van der Waals surface area contributed by atoms with E-state index in [4.69, 9.17) is 18.9 Å². The summed E-state index contributed by atoms with van der Waals surface area (Å²) in [6.07, 6.45) is 0. The van der Waals surface area contributed by atoms with Gasteiger partial charge < -0.3 is 23.8 Å². The predicted octanol–water partition coefficient (Wildman–Crippen LogP) is 3.05. The Morgan fingerprint density at radius 2 is 1.77 bits per heavy atom. The number of nitrogens with zero attached hydrogens (tertiary/aromatic N) is 1. The molecule has 0 saturated heterocycles. The average Bonchev–Trinajstić information content (AvgIpc) is 2.75. The number of esters is 1. The molecule has 0 unspecified atom stereocenters. The van der Waals surface area contributed by atoms with Crippen LogP contribution in [0, 0.1) is 13.8 Å². The van der Waals surface area contributed by atoms with Gasteiger partial charge in [0.2, 0.25) is 0 Å². The number of benzene rings is 2. The van der Waals surface area contributed by atoms with Crippen molar-refractivity contribution in [3.63, 3.8) is 0 Å². The highest BCUT2D eigenvalue weighted by Crippen LogP contribution is 2.31. The number of likely N-dealkylation sites (N-methyl/N-ethyl adjacent to an activating group) is 1. The van der Waals surface area contributed by atoms with Gasteiger partial charge in [-0.25, -0.2) is 4.79 Å². The predicted molar refractivity (Wildman–Crippen MR) is 111 cm³/mol. The summed E-state index contributed by atoms with van der Waals surface area (Å²) < 4.78 is 21.7. The van der Waals surface area contributed by atoms with Crippen LogP contribution in [0.5, 0.6) is 17.2 Å². The Morgan fingerprint density at radius 1 is 1.00 bits per heavy atom. The molecule has 0 atom stereocenters. The van der Waals surface area contributed by atoms with Crippen LogP contribution in [0.3, 0.4) is 0 Å². The van der Waals surface area contributed by atoms with Crippen molar-refractivity contribution in [1.82, 2.24) is 4.90 Å². The summed E-state index contributed by atoms with van der Waals surface area (Å²) in [6, 6.07) is 11.3. The first kappa shape index (κ1) is 21.5. The molecule has 1 amide bonds. The van der Waals surface area contributed by atoms with Crippen molar-refractivity contribution in [3.8, 4) is 17.2 Å². The normalized spacial score (nSPS) is 12.2. The minimum absolute atomic E-state index is 0.245. The summed E-state index contributed by atoms with van der Waals surface area (Å²) >= 11 is 0. The van der Waals surface area contributed by atoms with Crippen LogP contribution in [0.25, 0.3) is 0 Å². The lowest BCUT2D eigenvalue weighted by Crippen LogP contribution is -2.34. The molecule has 1 heterocycles. The van der Waals surface area contributed by atoms with Crippen molar-refractivity contribution in [2.75, 3.05) is 33.0 Å². The maximum absolute atomic E-state index is 12.5. The van der Waals surface area contributed by atoms with Gasteiger partial charge in [0.15, 0.2) is 24.7 Å². The van der Waals surface area contributed by atoms with Gasteiger partial charge in [0.25, 0.3) is 5.91 Å². The summed E-state index contributed by atoms with van der Waals surface area (Å²) in [4.78, 5) is 26.1. The number of hydrogen-bond donors (Lipinski definition) is 0. The Hall–Kier alpha value is -3.22. The lowest BCUT2D eigenvalue weighted by Gasteiger charge is -2.23. The first-order valence-corrected chi connectivity index (χ1v) is 9.98. The number of hydrogen-bond acceptors (Lipinski definition) is 6. The quantitative estimate of drug-likeness (QED) is 0.620. The van der Waals surface area contributed by atoms with Gasteiger partial charge in [0.05, 0.1) is 0 Å². The minimum Gasteiger partial charge on any atom is -0.486 e. The third kappa shape index (κ3) is 5.65. The zero-order valence-corrected chi connectivity index (χ0v) is 17.6. The second-order valence-corrected chi connectivity index (χ2v) is 7.10. The van der Waals surface area contributed by atoms with E-state index in [-0.39, 0.29) is 19.1 Å². The fourth-order valence-electron chi connectivity index (χ4n) is 3.16. The van der Waals surface area contributed by atoms with E-state index in [1.54, 1.807) is 4.90 Å². The van der Waals surface area contributed by atoms with Crippen LogP contribution in [0.2, 0.25) is 0 Å². The number of ether oxygens (including phenoxy) is 4. The number of aryl methyl sites for hydroxylation is 2. The Balaban J connectivity index is 1.48. The summed E-state index contributed by atoms with van der Waals surface area (Å²) in [5.74, 6) is 1.15. The zero-order chi connectivity index (χ0) is 21.5. The van der Waals surface area contributed by atoms with Gasteiger partial charge in [-0.1, -0.05) is 23.8 Å². The van der Waals surface area contributed by atoms with E-state index in [2.05, 4.69) is 0 Å². The summed E-state index contributed by atoms with van der Waals surface area (Å²) in [5.41, 5.74) is 2.97. The van der Waals surface area contributed by atoms with Crippen LogP contribution in [0.4, 0.5) is 0 Å². The van der Waals surface area contributed by atoms with Crippen molar-refractivity contribution in [1.29, 1.82) is 0 Å². The largest absolute Gasteiger partial charge is 0.486 e. The van der Waals surface area contributed by atoms with Crippen molar-refractivity contribution < 1.29 is 28.5 Å². The number of amides is 1. The molecule has 1 aliphatic heterocycles. The molecule has 0 aliphatic carbocycles. The average molecular weight is 413 g/mol. The first-order valence-electron chi connectivity index (χ1n) is 9.98. The summed E-state index contributed by atoms with van der Waals surface area (Å²) in [5, 5.41) is 0. The highest BCUT2D eigenvalue weighted by Gasteiger charge is 2.17. The lowest BCUT2D eigenvalue weighted by molar-refractivity contribution is -0.153. The third-order valence-electron chi connectivity index (χ3n) is 4.75. The molecule has 7 nitrogen and oxygen atoms in total. The Labute approximate surface area is 176 Å². The minimum atomic E-state index is -0.585. The number of rotatable bonds is 8. The van der Waals surface area contributed by atoms with Crippen molar-refractivity contribution in [2.24, 2.45) is 0 Å². The van der Waals surface area contributed by atoms with Crippen molar-refractivity contribution >= 4 is 11.9 Å². The third-order valence-corrected chi connectivity index (χ3v) is 4.75. The SMILES string of the molecule is CCN(Cc1ccc2c(c1)OCCO2)C(=O)COC(=O)COc1ccc(C)cc1C. The van der Waals surface area contributed by atoms with Gasteiger partial charge in [-0.05, 0) is 50.1 Å². The molecule has 30 heavy (non-hydrogen) atoms. The molecule has 160 valence electrons. The van der Waals surface area contributed by atoms with Gasteiger partial charge in [-0.3, -0.25) is 4.79 Å². The second kappa shape index (κ2) is 10.0. The number of carbonyl (C=O) groups is 2. The molecule has 3 rings (SSSR count). The maximum Gasteiger partial charge on any atom is 0.344 e. The van der Waals surface area contributed by atoms with E-state index in [1.165, 1.54) is 0 Å². The Morgan fingerprint density at radius 3 is 2.50 bits per heavy atom. The van der Waals surface area contributed by atoms with Gasteiger partial charge in [-0.15, -0.1) is 0 Å². The fourth-order valence-corrected chi connectivity index (χ4v) is 3.16. The van der Waals surface area contributed by atoms with Gasteiger partial charge in [-0.2, -0.15) is 0 Å². The van der Waals surface area contributed by atoms with E-state index in [9.17, 15) is 9.59 Å². The molecule has 0 aromatic heterocycles. The molecular formula is C23H27NO6. The highest BCUT2D eigenvalue weighted by molar-refractivity contribution is 5.81. The summed E-state index contributed by atoms with van der Waals surface area (Å²) in [7, 11) is 0. The molecule has 7 heteroatoms. The standard InChI is InChI=1S/C23H27NO6/c1-4-24(13-18-6-8-20-21(12-18)28-10-9-27-20)22(25)14-30-23(26)15-29-19-7-5-16(2)11-17(19)3/h5-8,11-12H,4,9-10,13-15H2,1-3H3. The molecule has 0 saturated carbocycles. The molecule has 2 aromatic rings. The van der Waals surface area contributed by atoms with Crippen LogP contribution >= 0.6 is 0 Å². The molecule has 0 bridgehead atoms. The fraction of sp³-hybridized carbons (Fsp3) is 0.391. The van der Waals surface area contributed by atoms with E-state index < -0.39 is 5.97 Å². The van der Waals surface area contributed by atoms with E-state index in [1.807, 2.05) is 57.2 Å². The molecule has 2 aromatic carbocycles. The van der Waals surface area contributed by atoms with Crippen LogP contribution in [0.1, 0.15) is 23.6 Å². The van der Waals surface area contributed by atoms with E-state index >= 15 is 0 Å². The maximum atomic E-state index is 12.5. The van der Waals surface area contributed by atoms with Crippen molar-refractivity contribution in [3.05, 3.63) is 53.1 Å². The Kier molecular flexibility index (Phi) is 7.17. The monoisotopic (exact) mass is 413 g/mol. The topological polar surface area (TPSA) is 74.3 Å². The molecule has 0 spiro atoms. The molecule has 0 radical (unpaired) electrons. The number of carbonyl (C=O) groups excluding carboxylic acids is 2. The smallest absolute Gasteiger partial charge is 0.344 e. The van der Waals surface area contributed by atoms with Gasteiger partial charge in [0, 0.05) is 13.1 Å². The van der Waals surface area contributed by atoms with Crippen molar-refractivity contribution in [2.45, 2.75) is 27.3 Å². The van der Waals surface area contributed by atoms with Gasteiger partial charge in [0.1, 0.15) is 19.0 Å². The van der Waals surface area contributed by atoms with Crippen LogP contribution < -0.4 is 14.2 Å². The molecular weight excluding hydrogens is 386 g/mol. The summed E-state index contributed by atoms with van der Waals surface area (Å²) in [6.45, 7) is 7.12. The van der Waals surface area contributed by atoms with Crippen LogP contribution in [0.15, 0.2) is 36.4 Å². The lowest BCUT2D eigenvalue weighted by atomic mass is 10.1. The van der Waals surface area contributed by atoms with Crippen LogP contribution in [-0.2, 0) is 20.9 Å². The highest BCUT2D eigenvalue weighted by atomic mass is 16.6. The molecule has 0 N–H and O–H groups in total. The Bertz CT molecular complexity index is 911. The van der Waals surface area contributed by atoms with E-state index in [0.717, 1.165) is 16.7 Å². The van der Waals surface area contributed by atoms with Gasteiger partial charge >= 0.3 is 5.97 Å².